The number of aromatic nitrogens is 2. The molecule has 3 atom stereocenters. The molecule has 26 heavy (non-hydrogen) atoms. The van der Waals surface area contributed by atoms with Gasteiger partial charge >= 0.3 is 0 Å². The van der Waals surface area contributed by atoms with Gasteiger partial charge in [-0.15, -0.1) is 34.2 Å². The number of hydrogen-bond donors (Lipinski definition) is 2. The molecular formula is C18H30IN5OS. The standard InChI is InChI=1S/C18H29N5OS.HI/c1-4-19-17(20-10-13-22-23-16(25-13)11(2)3)21-14-12-6-9-24-15(12)18(14)7-5-8-18;/h11-12,14-15H,4-10H2,1-3H3,(H2,19,20,21);1H. The first-order valence-corrected chi connectivity index (χ1v) is 10.4. The molecule has 146 valence electrons. The number of nitrogens with one attached hydrogen (secondary N) is 2. The van der Waals surface area contributed by atoms with Gasteiger partial charge in [0, 0.05) is 36.4 Å². The topological polar surface area (TPSA) is 71.4 Å². The van der Waals surface area contributed by atoms with Crippen molar-refractivity contribution in [1.29, 1.82) is 0 Å². The third-order valence-electron chi connectivity index (χ3n) is 6.02. The average molecular weight is 491 g/mol. The van der Waals surface area contributed by atoms with E-state index < -0.39 is 0 Å². The molecule has 8 heteroatoms. The van der Waals surface area contributed by atoms with Gasteiger partial charge < -0.3 is 15.4 Å². The van der Waals surface area contributed by atoms with E-state index in [9.17, 15) is 0 Å². The summed E-state index contributed by atoms with van der Waals surface area (Å²) >= 11 is 1.67. The van der Waals surface area contributed by atoms with E-state index in [4.69, 9.17) is 9.73 Å². The van der Waals surface area contributed by atoms with E-state index >= 15 is 0 Å². The number of nitrogens with zero attached hydrogens (tertiary/aromatic N) is 3. The SMILES string of the molecule is CCNC(=NCc1nnc(C(C)C)s1)NC1C2CCOC2C12CCC2.I. The van der Waals surface area contributed by atoms with Crippen molar-refractivity contribution in [3.63, 3.8) is 0 Å². The van der Waals surface area contributed by atoms with Crippen molar-refractivity contribution in [2.24, 2.45) is 16.3 Å². The second kappa shape index (κ2) is 8.26. The van der Waals surface area contributed by atoms with Gasteiger partial charge in [-0.2, -0.15) is 0 Å². The van der Waals surface area contributed by atoms with E-state index in [1.807, 2.05) is 0 Å². The van der Waals surface area contributed by atoms with Crippen LogP contribution in [0.25, 0.3) is 0 Å². The van der Waals surface area contributed by atoms with Gasteiger partial charge in [-0.05, 0) is 26.2 Å². The third kappa shape index (κ3) is 3.48. The van der Waals surface area contributed by atoms with Crippen LogP contribution in [-0.4, -0.2) is 41.5 Å². The fourth-order valence-corrected chi connectivity index (χ4v) is 5.40. The number of hydrogen-bond acceptors (Lipinski definition) is 5. The minimum Gasteiger partial charge on any atom is -0.377 e. The minimum atomic E-state index is 0. The minimum absolute atomic E-state index is 0. The van der Waals surface area contributed by atoms with E-state index in [-0.39, 0.29) is 24.0 Å². The lowest BCUT2D eigenvalue weighted by Crippen LogP contribution is -2.72. The molecule has 1 aromatic heterocycles. The molecule has 4 rings (SSSR count). The Morgan fingerprint density at radius 3 is 2.81 bits per heavy atom. The van der Waals surface area contributed by atoms with Crippen LogP contribution in [0.15, 0.2) is 4.99 Å². The number of rotatable bonds is 5. The number of fused-ring (bicyclic) bond motifs is 2. The summed E-state index contributed by atoms with van der Waals surface area (Å²) in [4.78, 5) is 4.78. The highest BCUT2D eigenvalue weighted by Gasteiger charge is 2.66. The molecule has 0 bridgehead atoms. The van der Waals surface area contributed by atoms with Crippen LogP contribution in [0.4, 0.5) is 0 Å². The molecule has 3 fully saturated rings. The molecule has 3 unspecified atom stereocenters. The largest absolute Gasteiger partial charge is 0.377 e. The van der Waals surface area contributed by atoms with Crippen LogP contribution in [0.1, 0.15) is 62.4 Å². The molecule has 1 aromatic rings. The van der Waals surface area contributed by atoms with E-state index in [0.29, 0.717) is 35.9 Å². The molecule has 0 radical (unpaired) electrons. The molecule has 2 saturated carbocycles. The fraction of sp³-hybridized carbons (Fsp3) is 0.833. The Morgan fingerprint density at radius 2 is 2.19 bits per heavy atom. The van der Waals surface area contributed by atoms with Crippen LogP contribution in [0, 0.1) is 11.3 Å². The smallest absolute Gasteiger partial charge is 0.191 e. The summed E-state index contributed by atoms with van der Waals surface area (Å²) in [7, 11) is 0. The number of ether oxygens (including phenoxy) is 1. The molecule has 2 heterocycles. The van der Waals surface area contributed by atoms with Crippen molar-refractivity contribution in [3.8, 4) is 0 Å². The van der Waals surface area contributed by atoms with E-state index in [0.717, 1.165) is 29.1 Å². The maximum Gasteiger partial charge on any atom is 0.191 e. The van der Waals surface area contributed by atoms with E-state index in [2.05, 4.69) is 41.6 Å². The summed E-state index contributed by atoms with van der Waals surface area (Å²) < 4.78 is 6.02. The second-order valence-electron chi connectivity index (χ2n) is 7.84. The summed E-state index contributed by atoms with van der Waals surface area (Å²) in [5.74, 6) is 1.98. The van der Waals surface area contributed by atoms with Crippen LogP contribution >= 0.6 is 35.3 Å². The Labute approximate surface area is 177 Å². The van der Waals surface area contributed by atoms with Crippen LogP contribution in [0.2, 0.25) is 0 Å². The molecule has 1 spiro atoms. The molecule has 2 N–H and O–H groups in total. The molecular weight excluding hydrogens is 461 g/mol. The first kappa shape index (κ1) is 20.3. The van der Waals surface area contributed by atoms with Gasteiger partial charge in [0.15, 0.2) is 5.96 Å². The van der Waals surface area contributed by atoms with Gasteiger partial charge in [0.25, 0.3) is 0 Å². The summed E-state index contributed by atoms with van der Waals surface area (Å²) in [6.45, 7) is 8.78. The highest BCUT2D eigenvalue weighted by molar-refractivity contribution is 14.0. The lowest BCUT2D eigenvalue weighted by molar-refractivity contribution is -0.171. The van der Waals surface area contributed by atoms with Crippen LogP contribution < -0.4 is 10.6 Å². The zero-order chi connectivity index (χ0) is 17.4. The summed E-state index contributed by atoms with van der Waals surface area (Å²) in [5, 5.41) is 17.7. The third-order valence-corrected chi connectivity index (χ3v) is 7.23. The maximum absolute atomic E-state index is 6.02. The van der Waals surface area contributed by atoms with Crippen molar-refractivity contribution in [1.82, 2.24) is 20.8 Å². The van der Waals surface area contributed by atoms with Crippen LogP contribution in [-0.2, 0) is 11.3 Å². The molecule has 3 aliphatic rings. The number of halogens is 1. The Morgan fingerprint density at radius 1 is 1.38 bits per heavy atom. The zero-order valence-electron chi connectivity index (χ0n) is 15.8. The van der Waals surface area contributed by atoms with Gasteiger partial charge in [-0.1, -0.05) is 31.6 Å². The molecule has 1 aliphatic heterocycles. The summed E-state index contributed by atoms with van der Waals surface area (Å²) in [6, 6.07) is 0.507. The monoisotopic (exact) mass is 491 g/mol. The normalized spacial score (nSPS) is 28.9. The predicted molar refractivity (Wildman–Crippen MR) is 115 cm³/mol. The van der Waals surface area contributed by atoms with Crippen LogP contribution in [0.3, 0.4) is 0 Å². The van der Waals surface area contributed by atoms with E-state index in [1.54, 1.807) is 11.3 Å². The highest BCUT2D eigenvalue weighted by Crippen LogP contribution is 2.62. The van der Waals surface area contributed by atoms with Crippen molar-refractivity contribution in [2.75, 3.05) is 13.2 Å². The van der Waals surface area contributed by atoms with Gasteiger partial charge in [0.05, 0.1) is 12.6 Å². The van der Waals surface area contributed by atoms with Crippen molar-refractivity contribution < 1.29 is 4.74 Å². The first-order valence-electron chi connectivity index (χ1n) is 9.63. The van der Waals surface area contributed by atoms with Crippen LogP contribution in [0.5, 0.6) is 0 Å². The zero-order valence-corrected chi connectivity index (χ0v) is 19.0. The van der Waals surface area contributed by atoms with Gasteiger partial charge in [-0.3, -0.25) is 0 Å². The Balaban J connectivity index is 0.00000196. The van der Waals surface area contributed by atoms with Crippen molar-refractivity contribution >= 4 is 41.3 Å². The highest BCUT2D eigenvalue weighted by atomic mass is 127. The molecule has 0 aromatic carbocycles. The molecule has 1 saturated heterocycles. The summed E-state index contributed by atoms with van der Waals surface area (Å²) in [5.41, 5.74) is 0.366. The summed E-state index contributed by atoms with van der Waals surface area (Å²) in [6.07, 6.45) is 5.58. The molecule has 0 amide bonds. The first-order chi connectivity index (χ1) is 12.1. The van der Waals surface area contributed by atoms with Gasteiger partial charge in [0.2, 0.25) is 0 Å². The average Bonchev–Trinajstić information content (AvgIpc) is 3.16. The predicted octanol–water partition coefficient (Wildman–Crippen LogP) is 3.29. The van der Waals surface area contributed by atoms with Crippen molar-refractivity contribution in [3.05, 3.63) is 10.0 Å². The number of aliphatic imine (C=N–C) groups is 1. The Hall–Kier alpha value is -0.480. The van der Waals surface area contributed by atoms with E-state index in [1.165, 1.54) is 25.7 Å². The van der Waals surface area contributed by atoms with Crippen molar-refractivity contribution in [2.45, 2.75) is 71.1 Å². The fourth-order valence-electron chi connectivity index (χ4n) is 4.63. The van der Waals surface area contributed by atoms with Gasteiger partial charge in [-0.25, -0.2) is 4.99 Å². The lowest BCUT2D eigenvalue weighted by atomic mass is 9.46. The second-order valence-corrected chi connectivity index (χ2v) is 8.93. The van der Waals surface area contributed by atoms with Gasteiger partial charge in [0.1, 0.15) is 10.0 Å². The Kier molecular flexibility index (Phi) is 6.44. The quantitative estimate of drug-likeness (QED) is 0.376. The molecule has 6 nitrogen and oxygen atoms in total. The number of guanidine groups is 1. The maximum atomic E-state index is 6.02. The Bertz CT molecular complexity index is 645. The lowest BCUT2D eigenvalue weighted by Gasteiger charge is -2.63. The molecule has 2 aliphatic carbocycles.